The molecule has 10 aromatic rings. The molecular weight excluding hydrogens is 585 g/mol. The van der Waals surface area contributed by atoms with Gasteiger partial charge in [-0.25, -0.2) is 9.97 Å². The second-order valence-corrected chi connectivity index (χ2v) is 12.2. The number of rotatable bonds is 4. The van der Waals surface area contributed by atoms with Crippen molar-refractivity contribution in [1.29, 1.82) is 0 Å². The molecule has 0 amide bonds. The minimum absolute atomic E-state index is 0.644. The third kappa shape index (κ3) is 3.90. The standard InChI is InChI=1S/C44H28N4/c1-4-16-29(17-5-1)37-28-38(30-18-6-2-7-19-30)46-44(45-37)48-39-27-15-14-26-36(39)42-43(48)40-34-24-12-10-22-32(34)33-23-11-13-25-35(33)41(40)47(42)31-20-8-3-9-21-31/h1-28H. The van der Waals surface area contributed by atoms with E-state index in [1.54, 1.807) is 0 Å². The average Bonchev–Trinajstić information content (AvgIpc) is 3.69. The van der Waals surface area contributed by atoms with Crippen LogP contribution in [0.25, 0.3) is 88.5 Å². The van der Waals surface area contributed by atoms with E-state index in [1.165, 1.54) is 32.4 Å². The predicted molar refractivity (Wildman–Crippen MR) is 199 cm³/mol. The highest BCUT2D eigenvalue weighted by Crippen LogP contribution is 2.46. The molecule has 4 heteroatoms. The fourth-order valence-corrected chi connectivity index (χ4v) is 7.48. The van der Waals surface area contributed by atoms with Gasteiger partial charge >= 0.3 is 0 Å². The lowest BCUT2D eigenvalue weighted by Crippen LogP contribution is -2.04. The van der Waals surface area contributed by atoms with Gasteiger partial charge in [-0.2, -0.15) is 0 Å². The predicted octanol–water partition coefficient (Wildman–Crippen LogP) is 11.2. The lowest BCUT2D eigenvalue weighted by atomic mass is 9.98. The first kappa shape index (κ1) is 26.7. The molecule has 0 bridgehead atoms. The second-order valence-electron chi connectivity index (χ2n) is 12.2. The van der Waals surface area contributed by atoms with E-state index >= 15 is 0 Å². The van der Waals surface area contributed by atoms with Crippen molar-refractivity contribution in [3.8, 4) is 34.2 Å². The van der Waals surface area contributed by atoms with Crippen molar-refractivity contribution in [2.75, 3.05) is 0 Å². The van der Waals surface area contributed by atoms with Gasteiger partial charge in [0, 0.05) is 33.0 Å². The summed E-state index contributed by atoms with van der Waals surface area (Å²) in [5.74, 6) is 0.644. The number of fused-ring (bicyclic) bond motifs is 10. The van der Waals surface area contributed by atoms with E-state index in [-0.39, 0.29) is 0 Å². The van der Waals surface area contributed by atoms with Crippen molar-refractivity contribution in [2.45, 2.75) is 0 Å². The van der Waals surface area contributed by atoms with Crippen LogP contribution in [0.3, 0.4) is 0 Å². The van der Waals surface area contributed by atoms with Crippen molar-refractivity contribution in [2.24, 2.45) is 0 Å². The quantitative estimate of drug-likeness (QED) is 0.185. The zero-order chi connectivity index (χ0) is 31.6. The summed E-state index contributed by atoms with van der Waals surface area (Å²) in [6, 6.07) is 59.9. The molecule has 3 heterocycles. The lowest BCUT2D eigenvalue weighted by molar-refractivity contribution is 0.998. The highest BCUT2D eigenvalue weighted by atomic mass is 15.2. The minimum Gasteiger partial charge on any atom is -0.306 e. The Labute approximate surface area is 276 Å². The number of nitrogens with zero attached hydrogens (tertiary/aromatic N) is 4. The van der Waals surface area contributed by atoms with Gasteiger partial charge in [0.1, 0.15) is 0 Å². The fourth-order valence-electron chi connectivity index (χ4n) is 7.48. The molecule has 224 valence electrons. The smallest absolute Gasteiger partial charge is 0.235 e. The van der Waals surface area contributed by atoms with E-state index in [2.05, 4.69) is 167 Å². The van der Waals surface area contributed by atoms with Gasteiger partial charge in [-0.05, 0) is 40.4 Å². The molecule has 0 atom stereocenters. The third-order valence-electron chi connectivity index (χ3n) is 9.51. The van der Waals surface area contributed by atoms with Gasteiger partial charge in [-0.1, -0.05) is 146 Å². The Morgan fingerprint density at radius 3 is 1.46 bits per heavy atom. The molecule has 10 rings (SSSR count). The van der Waals surface area contributed by atoms with Crippen LogP contribution in [0.2, 0.25) is 0 Å². The number of hydrogen-bond donors (Lipinski definition) is 0. The molecule has 48 heavy (non-hydrogen) atoms. The summed E-state index contributed by atoms with van der Waals surface area (Å²) >= 11 is 0. The summed E-state index contributed by atoms with van der Waals surface area (Å²) in [7, 11) is 0. The SMILES string of the molecule is c1ccc(-c2cc(-c3ccccc3)nc(-n3c4ccccc4c4c3c3c5ccccc5c5ccccc5c3n4-c3ccccc3)n2)cc1. The van der Waals surface area contributed by atoms with E-state index in [9.17, 15) is 0 Å². The molecule has 4 nitrogen and oxygen atoms in total. The number of hydrogen-bond acceptors (Lipinski definition) is 2. The van der Waals surface area contributed by atoms with Crippen molar-refractivity contribution in [3.63, 3.8) is 0 Å². The first-order valence-corrected chi connectivity index (χ1v) is 16.3. The van der Waals surface area contributed by atoms with Gasteiger partial charge in [-0.15, -0.1) is 0 Å². The largest absolute Gasteiger partial charge is 0.306 e. The number of benzene rings is 7. The van der Waals surface area contributed by atoms with Crippen LogP contribution in [0, 0.1) is 0 Å². The summed E-state index contributed by atoms with van der Waals surface area (Å²) in [5, 5.41) is 7.23. The summed E-state index contributed by atoms with van der Waals surface area (Å²) in [6.07, 6.45) is 0. The van der Waals surface area contributed by atoms with Crippen molar-refractivity contribution >= 4 is 54.4 Å². The molecule has 0 saturated carbocycles. The van der Waals surface area contributed by atoms with Gasteiger partial charge in [0.05, 0.1) is 33.5 Å². The maximum Gasteiger partial charge on any atom is 0.235 e. The number of para-hydroxylation sites is 2. The Balaban J connectivity index is 1.46. The van der Waals surface area contributed by atoms with Gasteiger partial charge in [0.15, 0.2) is 0 Å². The third-order valence-corrected chi connectivity index (χ3v) is 9.51. The monoisotopic (exact) mass is 612 g/mol. The van der Waals surface area contributed by atoms with Crippen LogP contribution in [0.4, 0.5) is 0 Å². The molecule has 0 aliphatic rings. The van der Waals surface area contributed by atoms with Crippen LogP contribution < -0.4 is 0 Å². The van der Waals surface area contributed by atoms with Crippen LogP contribution in [0.5, 0.6) is 0 Å². The maximum absolute atomic E-state index is 5.35. The lowest BCUT2D eigenvalue weighted by Gasteiger charge is -2.14. The van der Waals surface area contributed by atoms with Crippen molar-refractivity contribution in [3.05, 3.63) is 170 Å². The van der Waals surface area contributed by atoms with Crippen LogP contribution in [0.15, 0.2) is 170 Å². The summed E-state index contributed by atoms with van der Waals surface area (Å²) in [4.78, 5) is 10.7. The Bertz CT molecular complexity index is 2760. The highest BCUT2D eigenvalue weighted by Gasteiger charge is 2.26. The molecule has 0 unspecified atom stereocenters. The fraction of sp³-hybridized carbons (Fsp3) is 0. The average molecular weight is 613 g/mol. The zero-order valence-corrected chi connectivity index (χ0v) is 26.0. The summed E-state index contributed by atoms with van der Waals surface area (Å²) < 4.78 is 4.75. The molecule has 0 radical (unpaired) electrons. The minimum atomic E-state index is 0.644. The molecule has 0 saturated heterocycles. The number of aromatic nitrogens is 4. The molecule has 3 aromatic heterocycles. The molecule has 0 aliphatic carbocycles. The first-order valence-electron chi connectivity index (χ1n) is 16.3. The van der Waals surface area contributed by atoms with Gasteiger partial charge in [-0.3, -0.25) is 4.57 Å². The Morgan fingerprint density at radius 1 is 0.354 bits per heavy atom. The molecule has 7 aromatic carbocycles. The van der Waals surface area contributed by atoms with E-state index in [0.29, 0.717) is 5.95 Å². The topological polar surface area (TPSA) is 35.6 Å². The maximum atomic E-state index is 5.35. The second kappa shape index (κ2) is 10.5. The molecule has 0 N–H and O–H groups in total. The molecule has 0 fully saturated rings. The Morgan fingerprint density at radius 2 is 0.833 bits per heavy atom. The van der Waals surface area contributed by atoms with Crippen LogP contribution in [-0.2, 0) is 0 Å². The zero-order valence-electron chi connectivity index (χ0n) is 26.0. The molecular formula is C44H28N4. The Hall–Kier alpha value is -6.52. The van der Waals surface area contributed by atoms with Crippen LogP contribution in [-0.4, -0.2) is 19.1 Å². The Kier molecular flexibility index (Phi) is 5.84. The van der Waals surface area contributed by atoms with Gasteiger partial charge in [0.2, 0.25) is 5.95 Å². The van der Waals surface area contributed by atoms with E-state index in [0.717, 1.165) is 50.1 Å². The summed E-state index contributed by atoms with van der Waals surface area (Å²) in [6.45, 7) is 0. The highest BCUT2D eigenvalue weighted by molar-refractivity contribution is 6.34. The molecule has 0 aliphatic heterocycles. The van der Waals surface area contributed by atoms with Crippen molar-refractivity contribution < 1.29 is 0 Å². The van der Waals surface area contributed by atoms with E-state index in [1.807, 2.05) is 12.1 Å². The van der Waals surface area contributed by atoms with Gasteiger partial charge < -0.3 is 4.57 Å². The van der Waals surface area contributed by atoms with E-state index in [4.69, 9.17) is 9.97 Å². The molecule has 0 spiro atoms. The first-order chi connectivity index (χ1) is 23.8. The van der Waals surface area contributed by atoms with Crippen LogP contribution >= 0.6 is 0 Å². The van der Waals surface area contributed by atoms with Crippen molar-refractivity contribution in [1.82, 2.24) is 19.1 Å². The van der Waals surface area contributed by atoms with Gasteiger partial charge in [0.25, 0.3) is 0 Å². The van der Waals surface area contributed by atoms with E-state index < -0.39 is 0 Å². The summed E-state index contributed by atoms with van der Waals surface area (Å²) in [5.41, 5.74) is 9.47. The van der Waals surface area contributed by atoms with Crippen LogP contribution in [0.1, 0.15) is 0 Å². The normalized spacial score (nSPS) is 11.8.